The lowest BCUT2D eigenvalue weighted by molar-refractivity contribution is -0.384. The van der Waals surface area contributed by atoms with Crippen LogP contribution in [-0.4, -0.2) is 4.92 Å². The Balaban J connectivity index is 2.18. The van der Waals surface area contributed by atoms with Crippen LogP contribution >= 0.6 is 0 Å². The summed E-state index contributed by atoms with van der Waals surface area (Å²) in [6.45, 7) is 2.30. The molecule has 0 aromatic heterocycles. The molecule has 2 rings (SSSR count). The van der Waals surface area contributed by atoms with Gasteiger partial charge in [0, 0.05) is 12.6 Å². The lowest BCUT2D eigenvalue weighted by Gasteiger charge is -2.10. The SMILES string of the molecule is Cc1cccc([N+](=O)[O-])c1NCc1ccc(C#N)cc1. The van der Waals surface area contributed by atoms with Gasteiger partial charge < -0.3 is 5.32 Å². The van der Waals surface area contributed by atoms with Crippen LogP contribution in [0.15, 0.2) is 42.5 Å². The molecule has 0 atom stereocenters. The molecule has 5 heteroatoms. The zero-order valence-electron chi connectivity index (χ0n) is 11.0. The third kappa shape index (κ3) is 2.93. The molecule has 1 N–H and O–H groups in total. The summed E-state index contributed by atoms with van der Waals surface area (Å²) in [4.78, 5) is 10.6. The van der Waals surface area contributed by atoms with E-state index in [1.807, 2.05) is 25.1 Å². The number of nitrogens with zero attached hydrogens (tertiary/aromatic N) is 2. The molecular weight excluding hydrogens is 254 g/mol. The average Bonchev–Trinajstić information content (AvgIpc) is 2.46. The predicted octanol–water partition coefficient (Wildman–Crippen LogP) is 3.39. The van der Waals surface area contributed by atoms with Gasteiger partial charge in [0.25, 0.3) is 5.69 Å². The van der Waals surface area contributed by atoms with Crippen LogP contribution in [0, 0.1) is 28.4 Å². The maximum Gasteiger partial charge on any atom is 0.292 e. The molecule has 100 valence electrons. The molecule has 0 radical (unpaired) electrons. The third-order valence-electron chi connectivity index (χ3n) is 3.00. The Morgan fingerprint density at radius 2 is 1.95 bits per heavy atom. The highest BCUT2D eigenvalue weighted by Gasteiger charge is 2.14. The van der Waals surface area contributed by atoms with E-state index in [2.05, 4.69) is 11.4 Å². The van der Waals surface area contributed by atoms with E-state index in [0.29, 0.717) is 17.8 Å². The summed E-state index contributed by atoms with van der Waals surface area (Å²) in [5.41, 5.74) is 2.98. The fourth-order valence-electron chi connectivity index (χ4n) is 1.92. The molecule has 0 fully saturated rings. The van der Waals surface area contributed by atoms with Crippen LogP contribution in [0.4, 0.5) is 11.4 Å². The molecule has 2 aromatic rings. The van der Waals surface area contributed by atoms with Crippen molar-refractivity contribution in [3.05, 3.63) is 69.3 Å². The second-order valence-electron chi connectivity index (χ2n) is 4.39. The number of hydrogen-bond acceptors (Lipinski definition) is 4. The number of rotatable bonds is 4. The van der Waals surface area contributed by atoms with E-state index in [0.717, 1.165) is 11.1 Å². The summed E-state index contributed by atoms with van der Waals surface area (Å²) in [6.07, 6.45) is 0. The summed E-state index contributed by atoms with van der Waals surface area (Å²) in [5.74, 6) is 0. The lowest BCUT2D eigenvalue weighted by Crippen LogP contribution is -2.04. The molecule has 0 aliphatic heterocycles. The van der Waals surface area contributed by atoms with Gasteiger partial charge in [-0.15, -0.1) is 0 Å². The van der Waals surface area contributed by atoms with Crippen molar-refractivity contribution >= 4 is 11.4 Å². The zero-order chi connectivity index (χ0) is 14.5. The van der Waals surface area contributed by atoms with Crippen LogP contribution < -0.4 is 5.32 Å². The molecule has 0 heterocycles. The first-order chi connectivity index (χ1) is 9.61. The molecule has 0 aliphatic rings. The Morgan fingerprint density at radius 1 is 1.25 bits per heavy atom. The van der Waals surface area contributed by atoms with Crippen LogP contribution in [0.25, 0.3) is 0 Å². The number of nitro groups is 1. The zero-order valence-corrected chi connectivity index (χ0v) is 11.0. The van der Waals surface area contributed by atoms with Crippen molar-refractivity contribution in [1.82, 2.24) is 0 Å². The molecule has 0 bridgehead atoms. The summed E-state index contributed by atoms with van der Waals surface area (Å²) in [7, 11) is 0. The highest BCUT2D eigenvalue weighted by atomic mass is 16.6. The van der Waals surface area contributed by atoms with E-state index in [4.69, 9.17) is 5.26 Å². The highest BCUT2D eigenvalue weighted by molar-refractivity contribution is 5.66. The molecule has 0 aliphatic carbocycles. The number of nitrogens with one attached hydrogen (secondary N) is 1. The van der Waals surface area contributed by atoms with Gasteiger partial charge in [0.2, 0.25) is 0 Å². The Kier molecular flexibility index (Phi) is 3.96. The molecule has 2 aromatic carbocycles. The summed E-state index contributed by atoms with van der Waals surface area (Å²) in [6, 6.07) is 14.1. The van der Waals surface area contributed by atoms with Crippen molar-refractivity contribution in [2.45, 2.75) is 13.5 Å². The van der Waals surface area contributed by atoms with Gasteiger partial charge in [0.1, 0.15) is 5.69 Å². The Bertz CT molecular complexity index is 673. The average molecular weight is 267 g/mol. The first kappa shape index (κ1) is 13.6. The van der Waals surface area contributed by atoms with Gasteiger partial charge >= 0.3 is 0 Å². The predicted molar refractivity (Wildman–Crippen MR) is 76.3 cm³/mol. The fraction of sp³-hybridized carbons (Fsp3) is 0.133. The third-order valence-corrected chi connectivity index (χ3v) is 3.00. The summed E-state index contributed by atoms with van der Waals surface area (Å²) in [5, 5.41) is 22.8. The Morgan fingerprint density at radius 3 is 2.55 bits per heavy atom. The van der Waals surface area contributed by atoms with Gasteiger partial charge in [-0.2, -0.15) is 5.26 Å². The van der Waals surface area contributed by atoms with Crippen LogP contribution in [0.3, 0.4) is 0 Å². The quantitative estimate of drug-likeness (QED) is 0.680. The Hall–Kier alpha value is -2.87. The Labute approximate surface area is 116 Å². The van der Waals surface area contributed by atoms with Crippen LogP contribution in [0.1, 0.15) is 16.7 Å². The van der Waals surface area contributed by atoms with Gasteiger partial charge in [-0.25, -0.2) is 0 Å². The number of benzene rings is 2. The topological polar surface area (TPSA) is 79.0 Å². The van der Waals surface area contributed by atoms with Crippen molar-refractivity contribution in [3.8, 4) is 6.07 Å². The van der Waals surface area contributed by atoms with Crippen LogP contribution in [-0.2, 0) is 6.54 Å². The number of para-hydroxylation sites is 1. The largest absolute Gasteiger partial charge is 0.375 e. The summed E-state index contributed by atoms with van der Waals surface area (Å²) < 4.78 is 0. The first-order valence-electron chi connectivity index (χ1n) is 6.08. The second-order valence-corrected chi connectivity index (χ2v) is 4.39. The van der Waals surface area contributed by atoms with Gasteiger partial charge in [-0.1, -0.05) is 24.3 Å². The maximum absolute atomic E-state index is 11.0. The molecule has 20 heavy (non-hydrogen) atoms. The van der Waals surface area contributed by atoms with E-state index in [9.17, 15) is 10.1 Å². The van der Waals surface area contributed by atoms with Crippen LogP contribution in [0.2, 0.25) is 0 Å². The van der Waals surface area contributed by atoms with Gasteiger partial charge in [0.05, 0.1) is 16.6 Å². The van der Waals surface area contributed by atoms with Crippen molar-refractivity contribution in [2.24, 2.45) is 0 Å². The lowest BCUT2D eigenvalue weighted by atomic mass is 10.1. The minimum Gasteiger partial charge on any atom is -0.375 e. The summed E-state index contributed by atoms with van der Waals surface area (Å²) >= 11 is 0. The number of nitriles is 1. The van der Waals surface area contributed by atoms with Gasteiger partial charge in [-0.3, -0.25) is 10.1 Å². The molecule has 0 unspecified atom stereocenters. The first-order valence-corrected chi connectivity index (χ1v) is 6.08. The smallest absolute Gasteiger partial charge is 0.292 e. The molecule has 0 spiro atoms. The van der Waals surface area contributed by atoms with Crippen molar-refractivity contribution in [1.29, 1.82) is 5.26 Å². The van der Waals surface area contributed by atoms with Gasteiger partial charge in [-0.05, 0) is 30.2 Å². The van der Waals surface area contributed by atoms with Crippen molar-refractivity contribution in [2.75, 3.05) is 5.32 Å². The number of anilines is 1. The number of aryl methyl sites for hydroxylation is 1. The van der Waals surface area contributed by atoms with Crippen LogP contribution in [0.5, 0.6) is 0 Å². The minimum absolute atomic E-state index is 0.0682. The monoisotopic (exact) mass is 267 g/mol. The van der Waals surface area contributed by atoms with Crippen molar-refractivity contribution < 1.29 is 4.92 Å². The van der Waals surface area contributed by atoms with E-state index >= 15 is 0 Å². The molecule has 5 nitrogen and oxygen atoms in total. The van der Waals surface area contributed by atoms with Crippen molar-refractivity contribution in [3.63, 3.8) is 0 Å². The van der Waals surface area contributed by atoms with E-state index < -0.39 is 4.92 Å². The standard InChI is InChI=1S/C15H13N3O2/c1-11-3-2-4-14(18(19)20)15(11)17-10-13-7-5-12(9-16)6-8-13/h2-8,17H,10H2,1H3. The fourth-order valence-corrected chi connectivity index (χ4v) is 1.92. The van der Waals surface area contributed by atoms with Gasteiger partial charge in [0.15, 0.2) is 0 Å². The minimum atomic E-state index is -0.395. The van der Waals surface area contributed by atoms with E-state index in [1.165, 1.54) is 6.07 Å². The highest BCUT2D eigenvalue weighted by Crippen LogP contribution is 2.28. The normalized spacial score (nSPS) is 9.80. The number of nitro benzene ring substituents is 1. The molecule has 0 saturated heterocycles. The molecule has 0 amide bonds. The second kappa shape index (κ2) is 5.85. The molecule has 0 saturated carbocycles. The maximum atomic E-state index is 11.0. The van der Waals surface area contributed by atoms with E-state index in [-0.39, 0.29) is 5.69 Å². The number of hydrogen-bond donors (Lipinski definition) is 1. The van der Waals surface area contributed by atoms with E-state index in [1.54, 1.807) is 18.2 Å². The molecular formula is C15H13N3O2.